The van der Waals surface area contributed by atoms with Gasteiger partial charge >= 0.3 is 0 Å². The summed E-state index contributed by atoms with van der Waals surface area (Å²) in [6.07, 6.45) is 3.49. The number of allylic oxidation sites excluding steroid dienone is 1. The number of rotatable bonds is 5. The third-order valence-corrected chi connectivity index (χ3v) is 4.57. The summed E-state index contributed by atoms with van der Waals surface area (Å²) >= 11 is 0. The molecule has 2 heterocycles. The SMILES string of the molecule is CC=C(CCN1CCNC1)C(C)(C)N1CCOCC1. The van der Waals surface area contributed by atoms with E-state index in [0.29, 0.717) is 0 Å². The van der Waals surface area contributed by atoms with Gasteiger partial charge in [-0.1, -0.05) is 11.6 Å². The van der Waals surface area contributed by atoms with Crippen LogP contribution in [0.25, 0.3) is 0 Å². The van der Waals surface area contributed by atoms with Gasteiger partial charge in [0.1, 0.15) is 0 Å². The standard InChI is InChI=1S/C15H29N3O/c1-4-14(5-7-17-8-6-16-13-17)15(2,3)18-9-11-19-12-10-18/h4,16H,5-13H2,1-3H3. The molecular formula is C15H29N3O. The van der Waals surface area contributed by atoms with Gasteiger partial charge < -0.3 is 10.1 Å². The first kappa shape index (κ1) is 15.0. The molecule has 2 rings (SSSR count). The van der Waals surface area contributed by atoms with Crippen molar-refractivity contribution in [1.29, 1.82) is 0 Å². The van der Waals surface area contributed by atoms with E-state index in [2.05, 4.69) is 42.0 Å². The largest absolute Gasteiger partial charge is 0.379 e. The van der Waals surface area contributed by atoms with E-state index < -0.39 is 0 Å². The smallest absolute Gasteiger partial charge is 0.0594 e. The van der Waals surface area contributed by atoms with Gasteiger partial charge in [-0.15, -0.1) is 0 Å². The molecule has 0 amide bonds. The number of morpholine rings is 1. The Bertz CT molecular complexity index is 303. The Hall–Kier alpha value is -0.420. The van der Waals surface area contributed by atoms with E-state index in [1.165, 1.54) is 19.5 Å². The lowest BCUT2D eigenvalue weighted by Crippen LogP contribution is -2.51. The molecule has 2 aliphatic rings. The highest BCUT2D eigenvalue weighted by Gasteiger charge is 2.31. The Kier molecular flexibility index (Phi) is 5.39. The van der Waals surface area contributed by atoms with E-state index in [-0.39, 0.29) is 5.54 Å². The minimum Gasteiger partial charge on any atom is -0.379 e. The molecule has 2 saturated heterocycles. The summed E-state index contributed by atoms with van der Waals surface area (Å²) in [5.41, 5.74) is 1.72. The van der Waals surface area contributed by atoms with Gasteiger partial charge in [-0.25, -0.2) is 0 Å². The topological polar surface area (TPSA) is 27.7 Å². The normalized spacial score (nSPS) is 24.1. The zero-order valence-corrected chi connectivity index (χ0v) is 12.7. The molecule has 2 aliphatic heterocycles. The van der Waals surface area contributed by atoms with Crippen LogP contribution >= 0.6 is 0 Å². The maximum absolute atomic E-state index is 5.47. The van der Waals surface area contributed by atoms with Gasteiger partial charge in [0.15, 0.2) is 0 Å². The lowest BCUT2D eigenvalue weighted by Gasteiger charge is -2.43. The van der Waals surface area contributed by atoms with Crippen LogP contribution in [0.5, 0.6) is 0 Å². The molecule has 0 bridgehead atoms. The van der Waals surface area contributed by atoms with Crippen LogP contribution in [0.1, 0.15) is 27.2 Å². The molecule has 0 atom stereocenters. The maximum atomic E-state index is 5.47. The molecular weight excluding hydrogens is 238 g/mol. The molecule has 0 spiro atoms. The Morgan fingerprint density at radius 1 is 1.26 bits per heavy atom. The average Bonchev–Trinajstić information content (AvgIpc) is 2.93. The van der Waals surface area contributed by atoms with Gasteiger partial charge in [0.2, 0.25) is 0 Å². The van der Waals surface area contributed by atoms with Crippen molar-refractivity contribution in [1.82, 2.24) is 15.1 Å². The number of nitrogens with one attached hydrogen (secondary N) is 1. The highest BCUT2D eigenvalue weighted by Crippen LogP contribution is 2.27. The fourth-order valence-corrected chi connectivity index (χ4v) is 3.15. The molecule has 0 radical (unpaired) electrons. The Morgan fingerprint density at radius 2 is 2.00 bits per heavy atom. The first-order valence-corrected chi connectivity index (χ1v) is 7.56. The summed E-state index contributed by atoms with van der Waals surface area (Å²) in [5.74, 6) is 0. The number of hydrogen-bond acceptors (Lipinski definition) is 4. The molecule has 1 N–H and O–H groups in total. The molecule has 0 aromatic heterocycles. The van der Waals surface area contributed by atoms with Crippen molar-refractivity contribution in [3.05, 3.63) is 11.6 Å². The van der Waals surface area contributed by atoms with Crippen LogP contribution in [0.2, 0.25) is 0 Å². The molecule has 0 unspecified atom stereocenters. The average molecular weight is 267 g/mol. The monoisotopic (exact) mass is 267 g/mol. The van der Waals surface area contributed by atoms with E-state index in [4.69, 9.17) is 4.74 Å². The van der Waals surface area contributed by atoms with Crippen molar-refractivity contribution in [3.63, 3.8) is 0 Å². The lowest BCUT2D eigenvalue weighted by atomic mass is 9.88. The van der Waals surface area contributed by atoms with Crippen LogP contribution in [-0.4, -0.2) is 67.9 Å². The Morgan fingerprint density at radius 3 is 2.58 bits per heavy atom. The summed E-state index contributed by atoms with van der Waals surface area (Å²) < 4.78 is 5.47. The number of nitrogens with zero attached hydrogens (tertiary/aromatic N) is 2. The summed E-state index contributed by atoms with van der Waals surface area (Å²) in [6.45, 7) is 15.3. The molecule has 4 heteroatoms. The van der Waals surface area contributed by atoms with E-state index in [1.807, 2.05) is 0 Å². The molecule has 0 aromatic rings. The molecule has 110 valence electrons. The van der Waals surface area contributed by atoms with Gasteiger partial charge in [-0.2, -0.15) is 0 Å². The summed E-state index contributed by atoms with van der Waals surface area (Å²) in [7, 11) is 0. The third kappa shape index (κ3) is 3.78. The second kappa shape index (κ2) is 6.84. The Balaban J connectivity index is 1.90. The molecule has 4 nitrogen and oxygen atoms in total. The third-order valence-electron chi connectivity index (χ3n) is 4.57. The predicted molar refractivity (Wildman–Crippen MR) is 79.3 cm³/mol. The van der Waals surface area contributed by atoms with Crippen molar-refractivity contribution in [2.75, 3.05) is 52.6 Å². The van der Waals surface area contributed by atoms with Crippen LogP contribution in [-0.2, 0) is 4.74 Å². The first-order chi connectivity index (χ1) is 9.14. The minimum absolute atomic E-state index is 0.158. The number of hydrogen-bond donors (Lipinski definition) is 1. The molecule has 0 aliphatic carbocycles. The van der Waals surface area contributed by atoms with Crippen molar-refractivity contribution in [3.8, 4) is 0 Å². The second-order valence-corrected chi connectivity index (χ2v) is 6.00. The summed E-state index contributed by atoms with van der Waals surface area (Å²) in [6, 6.07) is 0. The van der Waals surface area contributed by atoms with E-state index in [1.54, 1.807) is 5.57 Å². The summed E-state index contributed by atoms with van der Waals surface area (Å²) in [5, 5.41) is 3.40. The lowest BCUT2D eigenvalue weighted by molar-refractivity contribution is 0.000286. The van der Waals surface area contributed by atoms with E-state index in [9.17, 15) is 0 Å². The van der Waals surface area contributed by atoms with Gasteiger partial charge in [0.05, 0.1) is 13.2 Å². The van der Waals surface area contributed by atoms with Crippen LogP contribution in [0.15, 0.2) is 11.6 Å². The molecule has 2 fully saturated rings. The molecule has 0 saturated carbocycles. The van der Waals surface area contributed by atoms with E-state index in [0.717, 1.165) is 39.5 Å². The minimum atomic E-state index is 0.158. The quantitative estimate of drug-likeness (QED) is 0.760. The highest BCUT2D eigenvalue weighted by molar-refractivity contribution is 5.18. The van der Waals surface area contributed by atoms with Crippen molar-refractivity contribution < 1.29 is 4.74 Å². The van der Waals surface area contributed by atoms with Crippen molar-refractivity contribution in [2.24, 2.45) is 0 Å². The van der Waals surface area contributed by atoms with E-state index >= 15 is 0 Å². The molecule has 0 aromatic carbocycles. The van der Waals surface area contributed by atoms with Gasteiger partial charge in [0, 0.05) is 44.9 Å². The van der Waals surface area contributed by atoms with Crippen molar-refractivity contribution in [2.45, 2.75) is 32.7 Å². The fourth-order valence-electron chi connectivity index (χ4n) is 3.15. The first-order valence-electron chi connectivity index (χ1n) is 7.56. The summed E-state index contributed by atoms with van der Waals surface area (Å²) in [4.78, 5) is 5.06. The van der Waals surface area contributed by atoms with Crippen LogP contribution in [0.3, 0.4) is 0 Å². The second-order valence-electron chi connectivity index (χ2n) is 6.00. The fraction of sp³-hybridized carbons (Fsp3) is 0.867. The van der Waals surface area contributed by atoms with Gasteiger partial charge in [-0.3, -0.25) is 9.80 Å². The highest BCUT2D eigenvalue weighted by atomic mass is 16.5. The zero-order valence-electron chi connectivity index (χ0n) is 12.7. The van der Waals surface area contributed by atoms with Crippen LogP contribution in [0.4, 0.5) is 0 Å². The van der Waals surface area contributed by atoms with Gasteiger partial charge in [-0.05, 0) is 27.2 Å². The Labute approximate surface area is 117 Å². The predicted octanol–water partition coefficient (Wildman–Crippen LogP) is 1.30. The molecule has 19 heavy (non-hydrogen) atoms. The zero-order chi connectivity index (χ0) is 13.7. The number of ether oxygens (including phenoxy) is 1. The maximum Gasteiger partial charge on any atom is 0.0594 e. The van der Waals surface area contributed by atoms with Crippen LogP contribution in [0, 0.1) is 0 Å². The van der Waals surface area contributed by atoms with Crippen LogP contribution < -0.4 is 5.32 Å². The van der Waals surface area contributed by atoms with Crippen molar-refractivity contribution >= 4 is 0 Å². The van der Waals surface area contributed by atoms with Gasteiger partial charge in [0.25, 0.3) is 0 Å².